The Morgan fingerprint density at radius 1 is 1.12 bits per heavy atom. The number of benzene rings is 2. The summed E-state index contributed by atoms with van der Waals surface area (Å²) in [6, 6.07) is 17.4. The lowest BCUT2D eigenvalue weighted by atomic mass is 10.1. The zero-order valence-electron chi connectivity index (χ0n) is 14.3. The number of aryl methyl sites for hydroxylation is 1. The molecule has 2 aromatic carbocycles. The van der Waals surface area contributed by atoms with Crippen molar-refractivity contribution in [3.63, 3.8) is 0 Å². The van der Waals surface area contributed by atoms with E-state index in [0.29, 0.717) is 18.0 Å². The summed E-state index contributed by atoms with van der Waals surface area (Å²) in [5.74, 6) is -0.221. The minimum atomic E-state index is -0.432. The molecule has 3 rings (SSSR count). The molecule has 0 spiro atoms. The number of rotatable bonds is 8. The van der Waals surface area contributed by atoms with E-state index in [1.54, 1.807) is 23.1 Å². The summed E-state index contributed by atoms with van der Waals surface area (Å²) in [4.78, 5) is 16.3. The summed E-state index contributed by atoms with van der Waals surface area (Å²) in [7, 11) is 0. The molecule has 0 saturated heterocycles. The fraction of sp³-hybridized carbons (Fsp3) is 0.250. The molecule has 6 heteroatoms. The molecule has 0 aliphatic heterocycles. The predicted octanol–water partition coefficient (Wildman–Crippen LogP) is 4.24. The number of aromatic nitrogens is 3. The highest BCUT2D eigenvalue weighted by Gasteiger charge is 2.18. The Bertz CT molecular complexity index is 805. The second-order valence-electron chi connectivity index (χ2n) is 5.99. The van der Waals surface area contributed by atoms with Gasteiger partial charge in [0.1, 0.15) is 18.8 Å². The van der Waals surface area contributed by atoms with Gasteiger partial charge in [-0.1, -0.05) is 54.1 Å². The van der Waals surface area contributed by atoms with Gasteiger partial charge in [-0.2, -0.15) is 5.10 Å². The Hall–Kier alpha value is -2.66. The fourth-order valence-electron chi connectivity index (χ4n) is 2.68. The summed E-state index contributed by atoms with van der Waals surface area (Å²) < 4.78 is 7.37. The van der Waals surface area contributed by atoms with Gasteiger partial charge >= 0.3 is 5.97 Å². The van der Waals surface area contributed by atoms with Crippen molar-refractivity contribution in [2.75, 3.05) is 0 Å². The Morgan fingerprint density at radius 3 is 2.58 bits per heavy atom. The van der Waals surface area contributed by atoms with Crippen molar-refractivity contribution < 1.29 is 9.53 Å². The first-order chi connectivity index (χ1) is 12.7. The lowest BCUT2D eigenvalue weighted by molar-refractivity contribution is -0.150. The van der Waals surface area contributed by atoms with E-state index in [0.717, 1.165) is 18.4 Å². The second-order valence-corrected chi connectivity index (χ2v) is 6.42. The molecule has 0 saturated carbocycles. The average molecular weight is 370 g/mol. The van der Waals surface area contributed by atoms with E-state index in [4.69, 9.17) is 16.3 Å². The van der Waals surface area contributed by atoms with Gasteiger partial charge in [0, 0.05) is 11.4 Å². The van der Waals surface area contributed by atoms with Crippen LogP contribution in [0.1, 0.15) is 30.1 Å². The molecule has 5 nitrogen and oxygen atoms in total. The van der Waals surface area contributed by atoms with Gasteiger partial charge < -0.3 is 4.74 Å². The smallest absolute Gasteiger partial charge is 0.306 e. The van der Waals surface area contributed by atoms with Crippen LogP contribution in [0.2, 0.25) is 5.02 Å². The largest absolute Gasteiger partial charge is 0.455 e. The molecule has 1 atom stereocenters. The van der Waals surface area contributed by atoms with Crippen LogP contribution in [0.3, 0.4) is 0 Å². The number of hydrogen-bond acceptors (Lipinski definition) is 4. The second kappa shape index (κ2) is 9.15. The molecule has 0 aliphatic rings. The number of carbonyl (C=O) groups excluding carboxylic acids is 1. The van der Waals surface area contributed by atoms with Crippen molar-refractivity contribution in [1.82, 2.24) is 14.8 Å². The van der Waals surface area contributed by atoms with Crippen LogP contribution in [-0.4, -0.2) is 20.7 Å². The molecule has 1 aromatic heterocycles. The zero-order valence-corrected chi connectivity index (χ0v) is 15.0. The maximum Gasteiger partial charge on any atom is 0.306 e. The van der Waals surface area contributed by atoms with E-state index >= 15 is 0 Å². The third-order valence-electron chi connectivity index (χ3n) is 4.02. The fourth-order valence-corrected chi connectivity index (χ4v) is 2.81. The lowest BCUT2D eigenvalue weighted by Crippen LogP contribution is -2.17. The van der Waals surface area contributed by atoms with Gasteiger partial charge in [0.25, 0.3) is 0 Å². The third kappa shape index (κ3) is 5.43. The van der Waals surface area contributed by atoms with Crippen LogP contribution < -0.4 is 0 Å². The van der Waals surface area contributed by atoms with Crippen molar-refractivity contribution in [1.29, 1.82) is 0 Å². The molecule has 1 unspecified atom stereocenters. The Kier molecular flexibility index (Phi) is 6.39. The summed E-state index contributed by atoms with van der Waals surface area (Å²) in [5, 5.41) is 4.74. The van der Waals surface area contributed by atoms with Gasteiger partial charge in [-0.25, -0.2) is 9.67 Å². The highest BCUT2D eigenvalue weighted by atomic mass is 35.5. The van der Waals surface area contributed by atoms with E-state index in [9.17, 15) is 4.79 Å². The van der Waals surface area contributed by atoms with Crippen molar-refractivity contribution >= 4 is 17.6 Å². The van der Waals surface area contributed by atoms with E-state index in [1.807, 2.05) is 30.3 Å². The number of halogens is 1. The molecular weight excluding hydrogens is 350 g/mol. The quantitative estimate of drug-likeness (QED) is 0.557. The van der Waals surface area contributed by atoms with Gasteiger partial charge in [0.2, 0.25) is 0 Å². The Balaban J connectivity index is 1.59. The summed E-state index contributed by atoms with van der Waals surface area (Å²) in [6.07, 6.45) is 4.60. The van der Waals surface area contributed by atoms with E-state index in [-0.39, 0.29) is 5.97 Å². The maximum atomic E-state index is 12.3. The van der Waals surface area contributed by atoms with Gasteiger partial charge in [-0.15, -0.1) is 0 Å². The van der Waals surface area contributed by atoms with Crippen LogP contribution in [-0.2, 0) is 22.5 Å². The SMILES string of the molecule is O=C(CCCc1ccccc1)OC(Cn1cncn1)c1ccc(Cl)cc1. The first-order valence-electron chi connectivity index (χ1n) is 8.52. The minimum absolute atomic E-state index is 0.221. The average Bonchev–Trinajstić information content (AvgIpc) is 3.16. The van der Waals surface area contributed by atoms with Crippen molar-refractivity contribution in [3.05, 3.63) is 83.4 Å². The topological polar surface area (TPSA) is 57.0 Å². The summed E-state index contributed by atoms with van der Waals surface area (Å²) >= 11 is 5.96. The van der Waals surface area contributed by atoms with Crippen molar-refractivity contribution in [3.8, 4) is 0 Å². The normalized spacial score (nSPS) is 11.9. The van der Waals surface area contributed by atoms with E-state index in [1.165, 1.54) is 11.9 Å². The molecule has 26 heavy (non-hydrogen) atoms. The monoisotopic (exact) mass is 369 g/mol. The Labute approximate surface area is 157 Å². The maximum absolute atomic E-state index is 12.3. The highest BCUT2D eigenvalue weighted by Crippen LogP contribution is 2.22. The van der Waals surface area contributed by atoms with Crippen LogP contribution >= 0.6 is 11.6 Å². The molecular formula is C20H20ClN3O2. The summed E-state index contributed by atoms with van der Waals surface area (Å²) in [6.45, 7) is 0.409. The van der Waals surface area contributed by atoms with Gasteiger partial charge in [-0.3, -0.25) is 4.79 Å². The molecule has 134 valence electrons. The van der Waals surface area contributed by atoms with Gasteiger partial charge in [0.05, 0.1) is 6.54 Å². The molecule has 3 aromatic rings. The molecule has 1 heterocycles. The molecule has 0 amide bonds. The predicted molar refractivity (Wildman–Crippen MR) is 99.7 cm³/mol. The number of hydrogen-bond donors (Lipinski definition) is 0. The van der Waals surface area contributed by atoms with E-state index in [2.05, 4.69) is 22.2 Å². The van der Waals surface area contributed by atoms with Crippen LogP contribution in [0.25, 0.3) is 0 Å². The molecule has 0 bridgehead atoms. The third-order valence-corrected chi connectivity index (χ3v) is 4.28. The number of ether oxygens (including phenoxy) is 1. The first-order valence-corrected chi connectivity index (χ1v) is 8.90. The number of esters is 1. The standard InChI is InChI=1S/C20H20ClN3O2/c21-18-11-9-17(10-12-18)19(13-24-15-22-14-23-24)26-20(25)8-4-7-16-5-2-1-3-6-16/h1-3,5-6,9-12,14-15,19H,4,7-8,13H2. The van der Waals surface area contributed by atoms with Crippen LogP contribution in [0.5, 0.6) is 0 Å². The lowest BCUT2D eigenvalue weighted by Gasteiger charge is -2.18. The molecule has 0 N–H and O–H groups in total. The van der Waals surface area contributed by atoms with Crippen molar-refractivity contribution in [2.24, 2.45) is 0 Å². The molecule has 0 aliphatic carbocycles. The van der Waals surface area contributed by atoms with Crippen molar-refractivity contribution in [2.45, 2.75) is 31.9 Å². The first kappa shape index (κ1) is 18.1. The van der Waals surface area contributed by atoms with E-state index < -0.39 is 6.10 Å². The van der Waals surface area contributed by atoms with Crippen LogP contribution in [0.15, 0.2) is 67.3 Å². The summed E-state index contributed by atoms with van der Waals surface area (Å²) in [5.41, 5.74) is 2.10. The van der Waals surface area contributed by atoms with Gasteiger partial charge in [-0.05, 0) is 36.1 Å². The minimum Gasteiger partial charge on any atom is -0.455 e. The van der Waals surface area contributed by atoms with Crippen LogP contribution in [0, 0.1) is 0 Å². The number of nitrogens with zero attached hydrogens (tertiary/aromatic N) is 3. The van der Waals surface area contributed by atoms with Crippen LogP contribution in [0.4, 0.5) is 0 Å². The zero-order chi connectivity index (χ0) is 18.2. The molecule has 0 fully saturated rings. The molecule has 0 radical (unpaired) electrons. The van der Waals surface area contributed by atoms with Gasteiger partial charge in [0.15, 0.2) is 0 Å². The highest BCUT2D eigenvalue weighted by molar-refractivity contribution is 6.30. The Morgan fingerprint density at radius 2 is 1.88 bits per heavy atom. The number of carbonyl (C=O) groups is 1.